The third kappa shape index (κ3) is 3.71. The standard InChI is InChI=1S/C17H22N4O2/c1-2-21-11-13(9-19-21)10-20-12-15(8-16(20)17(18)22)23-14-6-4-3-5-7-14/h3-7,9,11,15-16H,2,8,10,12H2,1H3,(H2,18,22)/t15-,16-/m0/s1. The van der Waals surface area contributed by atoms with Gasteiger partial charge in [-0.15, -0.1) is 0 Å². The van der Waals surface area contributed by atoms with Gasteiger partial charge in [0.1, 0.15) is 11.9 Å². The number of primary amides is 1. The number of amides is 1. The molecule has 1 aliphatic rings. The number of nitrogens with zero attached hydrogens (tertiary/aromatic N) is 3. The van der Waals surface area contributed by atoms with Gasteiger partial charge in [-0.25, -0.2) is 0 Å². The van der Waals surface area contributed by atoms with Crippen molar-refractivity contribution in [3.05, 3.63) is 48.3 Å². The summed E-state index contributed by atoms with van der Waals surface area (Å²) in [6.45, 7) is 4.21. The zero-order chi connectivity index (χ0) is 16.2. The van der Waals surface area contributed by atoms with E-state index < -0.39 is 0 Å². The summed E-state index contributed by atoms with van der Waals surface area (Å²) < 4.78 is 7.86. The Bertz CT molecular complexity index is 656. The minimum absolute atomic E-state index is 0.0314. The average Bonchev–Trinajstić information content (AvgIpc) is 3.15. The van der Waals surface area contributed by atoms with Crippen LogP contribution in [0.2, 0.25) is 0 Å². The van der Waals surface area contributed by atoms with Crippen LogP contribution in [-0.2, 0) is 17.9 Å². The maximum absolute atomic E-state index is 11.8. The van der Waals surface area contributed by atoms with Crippen molar-refractivity contribution in [3.63, 3.8) is 0 Å². The second-order valence-corrected chi connectivity index (χ2v) is 5.84. The van der Waals surface area contributed by atoms with Crippen molar-refractivity contribution in [1.82, 2.24) is 14.7 Å². The average molecular weight is 314 g/mol. The van der Waals surface area contributed by atoms with E-state index in [1.165, 1.54) is 0 Å². The largest absolute Gasteiger partial charge is 0.489 e. The van der Waals surface area contributed by atoms with E-state index in [9.17, 15) is 4.79 Å². The highest BCUT2D eigenvalue weighted by molar-refractivity contribution is 5.80. The van der Waals surface area contributed by atoms with Gasteiger partial charge in [-0.1, -0.05) is 18.2 Å². The van der Waals surface area contributed by atoms with Crippen molar-refractivity contribution in [2.24, 2.45) is 5.73 Å². The van der Waals surface area contributed by atoms with Crippen molar-refractivity contribution >= 4 is 5.91 Å². The summed E-state index contributed by atoms with van der Waals surface area (Å²) >= 11 is 0. The Morgan fingerprint density at radius 3 is 2.83 bits per heavy atom. The summed E-state index contributed by atoms with van der Waals surface area (Å²) in [5, 5.41) is 4.28. The molecule has 2 N–H and O–H groups in total. The fourth-order valence-corrected chi connectivity index (χ4v) is 3.00. The maximum Gasteiger partial charge on any atom is 0.234 e. The first-order valence-electron chi connectivity index (χ1n) is 7.92. The molecule has 0 aliphatic carbocycles. The first-order valence-corrected chi connectivity index (χ1v) is 7.92. The molecule has 122 valence electrons. The molecular weight excluding hydrogens is 292 g/mol. The van der Waals surface area contributed by atoms with Crippen LogP contribution in [0, 0.1) is 0 Å². The van der Waals surface area contributed by atoms with E-state index in [1.54, 1.807) is 0 Å². The lowest BCUT2D eigenvalue weighted by atomic mass is 10.2. The third-order valence-electron chi connectivity index (χ3n) is 4.14. The van der Waals surface area contributed by atoms with Gasteiger partial charge in [0.2, 0.25) is 5.91 Å². The molecule has 1 amide bonds. The van der Waals surface area contributed by atoms with E-state index in [4.69, 9.17) is 10.5 Å². The molecule has 0 spiro atoms. The summed E-state index contributed by atoms with van der Waals surface area (Å²) in [6, 6.07) is 9.37. The number of rotatable bonds is 6. The van der Waals surface area contributed by atoms with Gasteiger partial charge in [-0.2, -0.15) is 5.10 Å². The number of carbonyl (C=O) groups excluding carboxylic acids is 1. The molecule has 2 aromatic rings. The van der Waals surface area contributed by atoms with Crippen LogP contribution in [0.3, 0.4) is 0 Å². The molecule has 23 heavy (non-hydrogen) atoms. The van der Waals surface area contributed by atoms with Crippen LogP contribution in [0.5, 0.6) is 5.75 Å². The molecule has 1 saturated heterocycles. The third-order valence-corrected chi connectivity index (χ3v) is 4.14. The van der Waals surface area contributed by atoms with Crippen molar-refractivity contribution < 1.29 is 9.53 Å². The molecule has 1 aliphatic heterocycles. The van der Waals surface area contributed by atoms with Crippen molar-refractivity contribution in [3.8, 4) is 5.75 Å². The molecule has 0 radical (unpaired) electrons. The zero-order valence-corrected chi connectivity index (χ0v) is 13.3. The Kier molecular flexibility index (Phi) is 4.62. The monoisotopic (exact) mass is 314 g/mol. The Labute approximate surface area is 135 Å². The molecule has 3 rings (SSSR count). The lowest BCUT2D eigenvalue weighted by molar-refractivity contribution is -0.122. The molecule has 0 unspecified atom stereocenters. The first kappa shape index (κ1) is 15.6. The van der Waals surface area contributed by atoms with Gasteiger partial charge in [-0.05, 0) is 19.1 Å². The Morgan fingerprint density at radius 1 is 1.39 bits per heavy atom. The number of hydrogen-bond donors (Lipinski definition) is 1. The predicted molar refractivity (Wildman–Crippen MR) is 86.8 cm³/mol. The summed E-state index contributed by atoms with van der Waals surface area (Å²) in [5.41, 5.74) is 6.65. The number of para-hydroxylation sites is 1. The summed E-state index contributed by atoms with van der Waals surface area (Å²) in [4.78, 5) is 13.8. The molecule has 1 fully saturated rings. The Hall–Kier alpha value is -2.34. The lowest BCUT2D eigenvalue weighted by Crippen LogP contribution is -2.39. The highest BCUT2D eigenvalue weighted by Crippen LogP contribution is 2.24. The first-order chi connectivity index (χ1) is 11.2. The van der Waals surface area contributed by atoms with Gasteiger partial charge in [-0.3, -0.25) is 14.4 Å². The molecule has 2 heterocycles. The normalized spacial score (nSPS) is 21.4. The molecular formula is C17H22N4O2. The predicted octanol–water partition coefficient (Wildman–Crippen LogP) is 1.41. The fraction of sp³-hybridized carbons (Fsp3) is 0.412. The number of aryl methyl sites for hydroxylation is 1. The second kappa shape index (κ2) is 6.83. The lowest BCUT2D eigenvalue weighted by Gasteiger charge is -2.20. The quantitative estimate of drug-likeness (QED) is 0.875. The van der Waals surface area contributed by atoms with E-state index in [-0.39, 0.29) is 18.1 Å². The minimum Gasteiger partial charge on any atom is -0.489 e. The molecule has 6 nitrogen and oxygen atoms in total. The second-order valence-electron chi connectivity index (χ2n) is 5.84. The van der Waals surface area contributed by atoms with Crippen LogP contribution >= 0.6 is 0 Å². The molecule has 0 bridgehead atoms. The van der Waals surface area contributed by atoms with E-state index in [2.05, 4.69) is 10.00 Å². The van der Waals surface area contributed by atoms with E-state index in [0.29, 0.717) is 19.5 Å². The zero-order valence-electron chi connectivity index (χ0n) is 13.3. The van der Waals surface area contributed by atoms with E-state index >= 15 is 0 Å². The van der Waals surface area contributed by atoms with Crippen LogP contribution in [0.4, 0.5) is 0 Å². The number of likely N-dealkylation sites (tertiary alicyclic amines) is 1. The Morgan fingerprint density at radius 2 is 2.17 bits per heavy atom. The van der Waals surface area contributed by atoms with Gasteiger partial charge in [0.25, 0.3) is 0 Å². The summed E-state index contributed by atoms with van der Waals surface area (Å²) in [6.07, 6.45) is 4.43. The van der Waals surface area contributed by atoms with Gasteiger partial charge >= 0.3 is 0 Å². The number of benzene rings is 1. The number of carbonyl (C=O) groups is 1. The molecule has 6 heteroatoms. The van der Waals surface area contributed by atoms with Crippen LogP contribution in [0.25, 0.3) is 0 Å². The molecule has 0 saturated carbocycles. The van der Waals surface area contributed by atoms with Crippen molar-refractivity contribution in [1.29, 1.82) is 0 Å². The van der Waals surface area contributed by atoms with Gasteiger partial charge < -0.3 is 10.5 Å². The number of hydrogen-bond acceptors (Lipinski definition) is 4. The molecule has 2 atom stereocenters. The smallest absolute Gasteiger partial charge is 0.234 e. The summed E-state index contributed by atoms with van der Waals surface area (Å²) in [7, 11) is 0. The number of nitrogens with two attached hydrogens (primary N) is 1. The molecule has 1 aromatic carbocycles. The molecule has 1 aromatic heterocycles. The van der Waals surface area contributed by atoms with Crippen LogP contribution < -0.4 is 10.5 Å². The van der Waals surface area contributed by atoms with E-state index in [1.807, 2.05) is 54.3 Å². The topological polar surface area (TPSA) is 73.4 Å². The SMILES string of the molecule is CCn1cc(CN2C[C@@H](Oc3ccccc3)C[C@H]2C(N)=O)cn1. The van der Waals surface area contributed by atoms with E-state index in [0.717, 1.165) is 17.9 Å². The van der Waals surface area contributed by atoms with Gasteiger partial charge in [0, 0.05) is 37.8 Å². The van der Waals surface area contributed by atoms with Crippen LogP contribution in [0.15, 0.2) is 42.7 Å². The van der Waals surface area contributed by atoms with Gasteiger partial charge in [0.15, 0.2) is 0 Å². The van der Waals surface area contributed by atoms with Crippen molar-refractivity contribution in [2.45, 2.75) is 38.6 Å². The highest BCUT2D eigenvalue weighted by Gasteiger charge is 2.36. The van der Waals surface area contributed by atoms with Crippen molar-refractivity contribution in [2.75, 3.05) is 6.54 Å². The van der Waals surface area contributed by atoms with Crippen LogP contribution in [-0.4, -0.2) is 39.3 Å². The minimum atomic E-state index is -0.299. The highest BCUT2D eigenvalue weighted by atomic mass is 16.5. The fourth-order valence-electron chi connectivity index (χ4n) is 3.00. The van der Waals surface area contributed by atoms with Crippen LogP contribution in [0.1, 0.15) is 18.9 Å². The summed E-state index contributed by atoms with van der Waals surface area (Å²) in [5.74, 6) is 0.522. The number of ether oxygens (including phenoxy) is 1. The number of aromatic nitrogens is 2. The van der Waals surface area contributed by atoms with Gasteiger partial charge in [0.05, 0.1) is 12.2 Å². The maximum atomic E-state index is 11.8. The Balaban J connectivity index is 1.67.